The molecule has 24 heavy (non-hydrogen) atoms. The minimum absolute atomic E-state index is 0.265. The van der Waals surface area contributed by atoms with Gasteiger partial charge in [-0.05, 0) is 67.1 Å². The molecule has 0 amide bonds. The molecule has 1 aliphatic rings. The Morgan fingerprint density at radius 2 is 1.79 bits per heavy atom. The van der Waals surface area contributed by atoms with Crippen molar-refractivity contribution < 1.29 is 4.43 Å². The van der Waals surface area contributed by atoms with E-state index in [-0.39, 0.29) is 5.04 Å². The van der Waals surface area contributed by atoms with E-state index in [0.29, 0.717) is 0 Å². The lowest BCUT2D eigenvalue weighted by atomic mass is 10.0. The van der Waals surface area contributed by atoms with Gasteiger partial charge in [0.05, 0.1) is 6.61 Å². The molecular weight excluding hydrogens is 310 g/mol. The van der Waals surface area contributed by atoms with E-state index in [2.05, 4.69) is 63.7 Å². The molecule has 2 nitrogen and oxygen atoms in total. The number of hydrogen-bond donors (Lipinski definition) is 0. The maximum Gasteiger partial charge on any atom is 0.192 e. The third kappa shape index (κ3) is 3.21. The summed E-state index contributed by atoms with van der Waals surface area (Å²) in [6, 6.07) is 6.95. The molecule has 0 bridgehead atoms. The van der Waals surface area contributed by atoms with Crippen LogP contribution in [0, 0.1) is 0 Å². The lowest BCUT2D eigenvalue weighted by Crippen LogP contribution is -2.40. The molecule has 0 saturated carbocycles. The summed E-state index contributed by atoms with van der Waals surface area (Å²) in [5.74, 6) is 0. The predicted molar refractivity (Wildman–Crippen MR) is 106 cm³/mol. The molecule has 0 N–H and O–H groups in total. The van der Waals surface area contributed by atoms with Gasteiger partial charge < -0.3 is 8.99 Å². The fourth-order valence-corrected chi connectivity index (χ4v) is 4.52. The average molecular weight is 344 g/mol. The first kappa shape index (κ1) is 17.8. The van der Waals surface area contributed by atoms with E-state index in [1.807, 2.05) is 0 Å². The summed E-state index contributed by atoms with van der Waals surface area (Å²) in [4.78, 5) is 0. The fraction of sp³-hybridized carbons (Fsp3) is 0.619. The van der Waals surface area contributed by atoms with Crippen LogP contribution in [0.15, 0.2) is 18.2 Å². The van der Waals surface area contributed by atoms with Crippen LogP contribution in [0.4, 0.5) is 0 Å². The van der Waals surface area contributed by atoms with Gasteiger partial charge in [0, 0.05) is 23.6 Å². The molecule has 0 atom stereocenters. The van der Waals surface area contributed by atoms with Gasteiger partial charge in [-0.1, -0.05) is 33.3 Å². The van der Waals surface area contributed by atoms with E-state index in [0.717, 1.165) is 6.61 Å². The number of hydrogen-bond acceptors (Lipinski definition) is 1. The molecule has 1 aliphatic carbocycles. The summed E-state index contributed by atoms with van der Waals surface area (Å²) < 4.78 is 8.86. The number of benzene rings is 1. The summed E-state index contributed by atoms with van der Waals surface area (Å²) >= 11 is 0. The first-order chi connectivity index (χ1) is 11.2. The van der Waals surface area contributed by atoms with Gasteiger partial charge in [-0.3, -0.25) is 0 Å². The first-order valence-corrected chi connectivity index (χ1v) is 12.3. The minimum atomic E-state index is -1.69. The van der Waals surface area contributed by atoms with Gasteiger partial charge in [-0.15, -0.1) is 0 Å². The highest BCUT2D eigenvalue weighted by molar-refractivity contribution is 6.74. The number of nitrogens with zero attached hydrogens (tertiary/aromatic N) is 1. The summed E-state index contributed by atoms with van der Waals surface area (Å²) in [6.07, 6.45) is 6.50. The Morgan fingerprint density at radius 3 is 2.50 bits per heavy atom. The Bertz CT molecular complexity index is 736. The molecule has 0 unspecified atom stereocenters. The van der Waals surface area contributed by atoms with Crippen LogP contribution in [-0.4, -0.2) is 12.9 Å². The van der Waals surface area contributed by atoms with E-state index >= 15 is 0 Å². The normalized spacial score (nSPS) is 16.2. The van der Waals surface area contributed by atoms with Crippen LogP contribution in [0.25, 0.3) is 10.9 Å². The van der Waals surface area contributed by atoms with Crippen molar-refractivity contribution in [2.75, 3.05) is 0 Å². The second-order valence-electron chi connectivity index (χ2n) is 8.95. The van der Waals surface area contributed by atoms with Crippen LogP contribution < -0.4 is 0 Å². The Hall–Kier alpha value is -1.06. The van der Waals surface area contributed by atoms with E-state index < -0.39 is 8.32 Å². The zero-order valence-electron chi connectivity index (χ0n) is 16.3. The lowest BCUT2D eigenvalue weighted by molar-refractivity contribution is 0.276. The maximum absolute atomic E-state index is 6.44. The molecule has 0 spiro atoms. The van der Waals surface area contributed by atoms with Crippen LogP contribution in [0.5, 0.6) is 0 Å². The molecule has 1 aromatic heterocycles. The third-order valence-electron chi connectivity index (χ3n) is 6.25. The highest BCUT2D eigenvalue weighted by Gasteiger charge is 2.37. The molecule has 1 aromatic carbocycles. The molecule has 3 rings (SSSR count). The number of aromatic nitrogens is 1. The first-order valence-electron chi connectivity index (χ1n) is 9.44. The SMILES string of the molecule is Cn1c2c(c3cc(CO[Si](C)(C)C(C)(C)C)ccc31)CCCCC2. The largest absolute Gasteiger partial charge is 0.413 e. The number of aryl methyl sites for hydroxylation is 2. The highest BCUT2D eigenvalue weighted by Crippen LogP contribution is 2.37. The number of fused-ring (bicyclic) bond motifs is 3. The van der Waals surface area contributed by atoms with Crippen molar-refractivity contribution >= 4 is 19.2 Å². The monoisotopic (exact) mass is 343 g/mol. The molecule has 132 valence electrons. The zero-order valence-corrected chi connectivity index (χ0v) is 17.3. The van der Waals surface area contributed by atoms with Crippen LogP contribution in [-0.2, 0) is 30.9 Å². The molecule has 0 saturated heterocycles. The van der Waals surface area contributed by atoms with E-state index in [9.17, 15) is 0 Å². The van der Waals surface area contributed by atoms with Gasteiger partial charge >= 0.3 is 0 Å². The second kappa shape index (κ2) is 6.34. The van der Waals surface area contributed by atoms with Crippen LogP contribution in [0.2, 0.25) is 18.1 Å². The van der Waals surface area contributed by atoms with Crippen molar-refractivity contribution in [1.82, 2.24) is 4.57 Å². The van der Waals surface area contributed by atoms with Crippen molar-refractivity contribution in [3.8, 4) is 0 Å². The minimum Gasteiger partial charge on any atom is -0.413 e. The van der Waals surface area contributed by atoms with Crippen LogP contribution in [0.3, 0.4) is 0 Å². The van der Waals surface area contributed by atoms with E-state index in [1.54, 1.807) is 11.3 Å². The standard InChI is InChI=1S/C21H33NOSi/c1-21(2,3)24(5,6)23-15-16-12-13-20-18(14-16)17-10-8-7-9-11-19(17)22(20)4/h12-14H,7-11,15H2,1-6H3. The van der Waals surface area contributed by atoms with Gasteiger partial charge in [0.25, 0.3) is 0 Å². The summed E-state index contributed by atoms with van der Waals surface area (Å²) in [6.45, 7) is 12.3. The Balaban J connectivity index is 1.90. The molecule has 0 fully saturated rings. The fourth-order valence-electron chi connectivity index (χ4n) is 3.56. The average Bonchev–Trinajstić information content (AvgIpc) is 2.69. The quantitative estimate of drug-likeness (QED) is 0.495. The Morgan fingerprint density at radius 1 is 1.08 bits per heavy atom. The molecule has 2 aromatic rings. The van der Waals surface area contributed by atoms with Crippen molar-refractivity contribution in [3.63, 3.8) is 0 Å². The van der Waals surface area contributed by atoms with Gasteiger partial charge in [0.2, 0.25) is 0 Å². The zero-order chi connectivity index (χ0) is 17.5. The van der Waals surface area contributed by atoms with Gasteiger partial charge in [0.15, 0.2) is 8.32 Å². The van der Waals surface area contributed by atoms with Crippen molar-refractivity contribution in [2.45, 2.75) is 77.6 Å². The highest BCUT2D eigenvalue weighted by atomic mass is 28.4. The smallest absolute Gasteiger partial charge is 0.192 e. The summed E-state index contributed by atoms with van der Waals surface area (Å²) in [7, 11) is 0.543. The molecular formula is C21H33NOSi. The summed E-state index contributed by atoms with van der Waals surface area (Å²) in [5, 5.41) is 1.73. The van der Waals surface area contributed by atoms with Gasteiger partial charge in [0.1, 0.15) is 0 Å². The van der Waals surface area contributed by atoms with E-state index in [1.165, 1.54) is 48.6 Å². The Kier molecular flexibility index (Phi) is 4.69. The van der Waals surface area contributed by atoms with Crippen LogP contribution in [0.1, 0.15) is 56.9 Å². The predicted octanol–water partition coefficient (Wildman–Crippen LogP) is 5.97. The van der Waals surface area contributed by atoms with Crippen molar-refractivity contribution in [1.29, 1.82) is 0 Å². The van der Waals surface area contributed by atoms with Crippen LogP contribution >= 0.6 is 0 Å². The van der Waals surface area contributed by atoms with E-state index in [4.69, 9.17) is 4.43 Å². The molecule has 1 heterocycles. The molecule has 0 aliphatic heterocycles. The van der Waals surface area contributed by atoms with Crippen molar-refractivity contribution in [3.05, 3.63) is 35.0 Å². The van der Waals surface area contributed by atoms with Gasteiger partial charge in [-0.25, -0.2) is 0 Å². The third-order valence-corrected chi connectivity index (χ3v) is 10.7. The molecule has 0 radical (unpaired) electrons. The topological polar surface area (TPSA) is 14.2 Å². The molecule has 3 heteroatoms. The van der Waals surface area contributed by atoms with Crippen molar-refractivity contribution in [2.24, 2.45) is 7.05 Å². The second-order valence-corrected chi connectivity index (χ2v) is 13.8. The van der Waals surface area contributed by atoms with Gasteiger partial charge in [-0.2, -0.15) is 0 Å². The summed E-state index contributed by atoms with van der Waals surface area (Å²) in [5.41, 5.74) is 5.87. The Labute approximate surface area is 148 Å². The lowest BCUT2D eigenvalue weighted by Gasteiger charge is -2.36. The number of rotatable bonds is 3. The maximum atomic E-state index is 6.44.